The van der Waals surface area contributed by atoms with Gasteiger partial charge >= 0.3 is 0 Å². The molecule has 0 aliphatic carbocycles. The molecule has 0 saturated heterocycles. The van der Waals surface area contributed by atoms with E-state index < -0.39 is 0 Å². The average molecular weight is 183 g/mol. The number of aryl methyl sites for hydroxylation is 2. The molecule has 2 aromatic heterocycles. The lowest BCUT2D eigenvalue weighted by Gasteiger charge is -1.94. The van der Waals surface area contributed by atoms with Gasteiger partial charge in [-0.3, -0.25) is 5.10 Å². The molecule has 0 bridgehead atoms. The van der Waals surface area contributed by atoms with Gasteiger partial charge in [-0.15, -0.1) is 0 Å². The van der Waals surface area contributed by atoms with E-state index in [1.165, 1.54) is 0 Å². The van der Waals surface area contributed by atoms with Crippen molar-refractivity contribution >= 4 is 22.6 Å². The van der Waals surface area contributed by atoms with Gasteiger partial charge in [-0.2, -0.15) is 5.10 Å². The summed E-state index contributed by atoms with van der Waals surface area (Å²) in [6.45, 7) is 3.68. The summed E-state index contributed by atoms with van der Waals surface area (Å²) >= 11 is 5.90. The monoisotopic (exact) mass is 182 g/mol. The van der Waals surface area contributed by atoms with Crippen molar-refractivity contribution in [2.45, 2.75) is 13.8 Å². The van der Waals surface area contributed by atoms with Gasteiger partial charge in [0.2, 0.25) is 0 Å². The Morgan fingerprint density at radius 1 is 1.25 bits per heavy atom. The van der Waals surface area contributed by atoms with Crippen molar-refractivity contribution < 1.29 is 0 Å². The molecule has 2 aromatic rings. The molecular formula is C7H7ClN4. The number of halogens is 1. The first-order valence-corrected chi connectivity index (χ1v) is 3.91. The van der Waals surface area contributed by atoms with E-state index in [4.69, 9.17) is 11.6 Å². The second-order valence-corrected chi connectivity index (χ2v) is 2.97. The molecule has 0 aromatic carbocycles. The lowest BCUT2D eigenvalue weighted by Crippen LogP contribution is -1.88. The lowest BCUT2D eigenvalue weighted by molar-refractivity contribution is 1.03. The molecule has 0 aliphatic heterocycles. The summed E-state index contributed by atoms with van der Waals surface area (Å²) in [7, 11) is 0. The fourth-order valence-electron chi connectivity index (χ4n) is 1.12. The van der Waals surface area contributed by atoms with Gasteiger partial charge in [-0.25, -0.2) is 9.97 Å². The van der Waals surface area contributed by atoms with Crippen LogP contribution in [0.1, 0.15) is 11.5 Å². The highest BCUT2D eigenvalue weighted by Crippen LogP contribution is 2.20. The third-order valence-corrected chi connectivity index (χ3v) is 1.94. The van der Waals surface area contributed by atoms with Gasteiger partial charge in [0.25, 0.3) is 0 Å². The van der Waals surface area contributed by atoms with Gasteiger partial charge in [-0.05, 0) is 13.8 Å². The van der Waals surface area contributed by atoms with Crippen LogP contribution in [0.2, 0.25) is 5.15 Å². The van der Waals surface area contributed by atoms with Crippen LogP contribution in [0.5, 0.6) is 0 Å². The Balaban J connectivity index is 2.93. The topological polar surface area (TPSA) is 54.5 Å². The standard InChI is InChI=1S/C7H7ClN4/c1-3-5-6(8)9-4(2)10-7(5)12-11-3/h1-2H3,(H,9,10,11,12). The number of aromatic amines is 1. The van der Waals surface area contributed by atoms with Crippen molar-refractivity contribution in [1.29, 1.82) is 0 Å². The van der Waals surface area contributed by atoms with Gasteiger partial charge in [0.05, 0.1) is 5.39 Å². The number of nitrogens with one attached hydrogen (secondary N) is 1. The van der Waals surface area contributed by atoms with E-state index in [2.05, 4.69) is 20.2 Å². The summed E-state index contributed by atoms with van der Waals surface area (Å²) in [6.07, 6.45) is 0. The molecule has 2 heterocycles. The molecule has 0 atom stereocenters. The van der Waals surface area contributed by atoms with Gasteiger partial charge in [0.15, 0.2) is 5.65 Å². The second-order valence-electron chi connectivity index (χ2n) is 2.61. The minimum atomic E-state index is 0.462. The summed E-state index contributed by atoms with van der Waals surface area (Å²) in [4.78, 5) is 8.15. The van der Waals surface area contributed by atoms with E-state index in [0.29, 0.717) is 16.6 Å². The first kappa shape index (κ1) is 7.49. The molecule has 62 valence electrons. The predicted molar refractivity (Wildman–Crippen MR) is 46.2 cm³/mol. The van der Waals surface area contributed by atoms with Crippen molar-refractivity contribution in [1.82, 2.24) is 20.2 Å². The van der Waals surface area contributed by atoms with E-state index in [1.807, 2.05) is 6.92 Å². The molecule has 0 saturated carbocycles. The van der Waals surface area contributed by atoms with E-state index in [1.54, 1.807) is 6.92 Å². The van der Waals surface area contributed by atoms with Crippen LogP contribution in [-0.2, 0) is 0 Å². The lowest BCUT2D eigenvalue weighted by atomic mass is 10.3. The Hall–Kier alpha value is -1.16. The molecule has 0 amide bonds. The Bertz CT molecular complexity index is 434. The fourth-order valence-corrected chi connectivity index (χ4v) is 1.47. The Kier molecular flexibility index (Phi) is 1.51. The van der Waals surface area contributed by atoms with Gasteiger partial charge in [0, 0.05) is 5.69 Å². The predicted octanol–water partition coefficient (Wildman–Crippen LogP) is 1.62. The number of H-pyrrole nitrogens is 1. The number of hydrogen-bond acceptors (Lipinski definition) is 3. The minimum Gasteiger partial charge on any atom is -0.280 e. The maximum atomic E-state index is 5.90. The minimum absolute atomic E-state index is 0.462. The highest BCUT2D eigenvalue weighted by molar-refractivity contribution is 6.34. The highest BCUT2D eigenvalue weighted by Gasteiger charge is 2.08. The van der Waals surface area contributed by atoms with Crippen LogP contribution >= 0.6 is 11.6 Å². The summed E-state index contributed by atoms with van der Waals surface area (Å²) in [5, 5.41) is 8.06. The van der Waals surface area contributed by atoms with Crippen molar-refractivity contribution in [3.05, 3.63) is 16.7 Å². The maximum absolute atomic E-state index is 5.90. The van der Waals surface area contributed by atoms with E-state index >= 15 is 0 Å². The average Bonchev–Trinajstić information content (AvgIpc) is 2.31. The number of aromatic nitrogens is 4. The fraction of sp³-hybridized carbons (Fsp3) is 0.286. The van der Waals surface area contributed by atoms with E-state index in [9.17, 15) is 0 Å². The summed E-state index contributed by atoms with van der Waals surface area (Å²) in [5.74, 6) is 0.638. The second kappa shape index (κ2) is 2.42. The van der Waals surface area contributed by atoms with E-state index in [0.717, 1.165) is 11.1 Å². The van der Waals surface area contributed by atoms with Gasteiger partial charge in [-0.1, -0.05) is 11.6 Å². The SMILES string of the molecule is Cc1nc(Cl)c2c(C)[nH]nc2n1. The largest absolute Gasteiger partial charge is 0.280 e. The first-order valence-electron chi connectivity index (χ1n) is 3.53. The van der Waals surface area contributed by atoms with Crippen molar-refractivity contribution in [2.75, 3.05) is 0 Å². The van der Waals surface area contributed by atoms with Crippen molar-refractivity contribution in [3.8, 4) is 0 Å². The molecule has 0 radical (unpaired) electrons. The normalized spacial score (nSPS) is 10.9. The smallest absolute Gasteiger partial charge is 0.186 e. The third-order valence-electron chi connectivity index (χ3n) is 1.66. The van der Waals surface area contributed by atoms with Crippen molar-refractivity contribution in [2.24, 2.45) is 0 Å². The first-order chi connectivity index (χ1) is 5.68. The Labute approximate surface area is 74.0 Å². The highest BCUT2D eigenvalue weighted by atomic mass is 35.5. The Morgan fingerprint density at radius 2 is 2.00 bits per heavy atom. The third kappa shape index (κ3) is 0.956. The molecule has 0 fully saturated rings. The molecule has 5 heteroatoms. The quantitative estimate of drug-likeness (QED) is 0.630. The summed E-state index contributed by atoms with van der Waals surface area (Å²) in [6, 6.07) is 0. The number of rotatable bonds is 0. The van der Waals surface area contributed by atoms with Crippen LogP contribution in [0.3, 0.4) is 0 Å². The summed E-state index contributed by atoms with van der Waals surface area (Å²) < 4.78 is 0. The molecule has 0 aliphatic rings. The van der Waals surface area contributed by atoms with Crippen LogP contribution in [-0.4, -0.2) is 20.2 Å². The van der Waals surface area contributed by atoms with Crippen LogP contribution in [0.15, 0.2) is 0 Å². The Morgan fingerprint density at radius 3 is 2.75 bits per heavy atom. The van der Waals surface area contributed by atoms with Crippen LogP contribution in [0.25, 0.3) is 11.0 Å². The van der Waals surface area contributed by atoms with Crippen LogP contribution in [0.4, 0.5) is 0 Å². The van der Waals surface area contributed by atoms with Crippen LogP contribution < -0.4 is 0 Å². The van der Waals surface area contributed by atoms with E-state index in [-0.39, 0.29) is 0 Å². The molecular weight excluding hydrogens is 176 g/mol. The molecule has 0 unspecified atom stereocenters. The van der Waals surface area contributed by atoms with Gasteiger partial charge in [0.1, 0.15) is 11.0 Å². The van der Waals surface area contributed by atoms with Crippen molar-refractivity contribution in [3.63, 3.8) is 0 Å². The molecule has 2 rings (SSSR count). The maximum Gasteiger partial charge on any atom is 0.186 e. The van der Waals surface area contributed by atoms with Gasteiger partial charge < -0.3 is 0 Å². The molecule has 4 nitrogen and oxygen atoms in total. The van der Waals surface area contributed by atoms with Crippen LogP contribution in [0, 0.1) is 13.8 Å². The molecule has 12 heavy (non-hydrogen) atoms. The zero-order valence-electron chi connectivity index (χ0n) is 6.72. The summed E-state index contributed by atoms with van der Waals surface area (Å²) in [5.41, 5.74) is 1.53. The number of hydrogen-bond donors (Lipinski definition) is 1. The number of fused-ring (bicyclic) bond motifs is 1. The molecule has 1 N–H and O–H groups in total. The zero-order chi connectivity index (χ0) is 8.72. The number of nitrogens with zero attached hydrogens (tertiary/aromatic N) is 3. The zero-order valence-corrected chi connectivity index (χ0v) is 7.48. The molecule has 0 spiro atoms.